The van der Waals surface area contributed by atoms with E-state index in [1.54, 1.807) is 19.2 Å². The van der Waals surface area contributed by atoms with Gasteiger partial charge in [-0.15, -0.1) is 0 Å². The molecule has 0 unspecified atom stereocenters. The molecule has 9 heteroatoms. The zero-order valence-electron chi connectivity index (χ0n) is 16.4. The lowest BCUT2D eigenvalue weighted by atomic mass is 9.79. The fraction of sp³-hybridized carbons (Fsp3) is 0.421. The highest BCUT2D eigenvalue weighted by molar-refractivity contribution is 7.90. The highest BCUT2D eigenvalue weighted by Crippen LogP contribution is 2.36. The minimum Gasteiger partial charge on any atom is -0.399 e. The molecule has 0 spiro atoms. The average Bonchev–Trinajstić information content (AvgIpc) is 2.77. The van der Waals surface area contributed by atoms with Crippen molar-refractivity contribution in [3.05, 3.63) is 52.6 Å². The predicted molar refractivity (Wildman–Crippen MR) is 107 cm³/mol. The van der Waals surface area contributed by atoms with E-state index in [1.165, 1.54) is 12.1 Å². The molecule has 28 heavy (non-hydrogen) atoms. The van der Waals surface area contributed by atoms with Gasteiger partial charge in [0, 0.05) is 22.4 Å². The second-order valence-electron chi connectivity index (χ2n) is 7.94. The Hall–Kier alpha value is -1.48. The van der Waals surface area contributed by atoms with Crippen LogP contribution in [0.4, 0.5) is 4.39 Å². The van der Waals surface area contributed by atoms with E-state index in [1.807, 2.05) is 27.7 Å². The molecule has 2 aromatic rings. The molecule has 1 fully saturated rings. The number of hydrogen-bond donors (Lipinski definition) is 0. The molecule has 0 saturated carbocycles. The van der Waals surface area contributed by atoms with Crippen LogP contribution in [0.5, 0.6) is 0 Å². The zero-order chi connectivity index (χ0) is 20.9. The van der Waals surface area contributed by atoms with Crippen molar-refractivity contribution in [2.45, 2.75) is 56.5 Å². The van der Waals surface area contributed by atoms with E-state index < -0.39 is 44.6 Å². The van der Waals surface area contributed by atoms with E-state index in [-0.39, 0.29) is 5.02 Å². The number of benzene rings is 1. The topological polar surface area (TPSA) is 65.5 Å². The van der Waals surface area contributed by atoms with Crippen LogP contribution in [0.25, 0.3) is 0 Å². The second kappa shape index (κ2) is 7.09. The van der Waals surface area contributed by atoms with E-state index >= 15 is 0 Å². The summed E-state index contributed by atoms with van der Waals surface area (Å²) in [6, 6.07) is 5.20. The van der Waals surface area contributed by atoms with Crippen LogP contribution in [0.3, 0.4) is 0 Å². The van der Waals surface area contributed by atoms with Gasteiger partial charge in [-0.3, -0.25) is 4.98 Å². The van der Waals surface area contributed by atoms with Crippen LogP contribution < -0.4 is 5.46 Å². The van der Waals surface area contributed by atoms with Crippen LogP contribution in [-0.4, -0.2) is 31.7 Å². The molecule has 3 rings (SSSR count). The van der Waals surface area contributed by atoms with Gasteiger partial charge in [-0.1, -0.05) is 17.7 Å². The number of aromatic nitrogens is 1. The summed E-state index contributed by atoms with van der Waals surface area (Å²) in [6.45, 7) is 9.44. The summed E-state index contributed by atoms with van der Waals surface area (Å²) in [7, 11) is -4.58. The summed E-state index contributed by atoms with van der Waals surface area (Å²) in [6.07, 6.45) is 1.61. The third kappa shape index (κ3) is 3.96. The van der Waals surface area contributed by atoms with Gasteiger partial charge >= 0.3 is 7.12 Å². The molecule has 2 heterocycles. The van der Waals surface area contributed by atoms with Crippen LogP contribution in [0, 0.1) is 12.7 Å². The van der Waals surface area contributed by atoms with Crippen molar-refractivity contribution >= 4 is 34.0 Å². The molecule has 0 amide bonds. The van der Waals surface area contributed by atoms with Gasteiger partial charge < -0.3 is 9.31 Å². The van der Waals surface area contributed by atoms with Gasteiger partial charge in [0.2, 0.25) is 0 Å². The van der Waals surface area contributed by atoms with Crippen molar-refractivity contribution in [3.63, 3.8) is 0 Å². The van der Waals surface area contributed by atoms with E-state index in [0.29, 0.717) is 16.7 Å². The number of sulfone groups is 1. The molecular formula is C19H22BClFNO4S. The van der Waals surface area contributed by atoms with Crippen molar-refractivity contribution < 1.29 is 22.1 Å². The normalized spacial score (nSPS) is 18.5. The van der Waals surface area contributed by atoms with E-state index in [4.69, 9.17) is 20.9 Å². The Bertz CT molecular complexity index is 1010. The number of nitrogens with zero attached hydrogens (tertiary/aromatic N) is 1. The van der Waals surface area contributed by atoms with Gasteiger partial charge in [0.25, 0.3) is 0 Å². The Labute approximate surface area is 170 Å². The maximum atomic E-state index is 14.1. The number of rotatable bonds is 4. The van der Waals surface area contributed by atoms with Crippen LogP contribution in [0.15, 0.2) is 35.4 Å². The predicted octanol–water partition coefficient (Wildman–Crippen LogP) is 3.46. The smallest absolute Gasteiger partial charge is 0.399 e. The molecule has 150 valence electrons. The van der Waals surface area contributed by atoms with Crippen molar-refractivity contribution in [2.75, 3.05) is 0 Å². The zero-order valence-corrected chi connectivity index (χ0v) is 18.0. The molecule has 0 radical (unpaired) electrons. The maximum absolute atomic E-state index is 14.1. The molecule has 5 nitrogen and oxygen atoms in total. The summed E-state index contributed by atoms with van der Waals surface area (Å²) < 4.78 is 51.6. The molecule has 0 bridgehead atoms. The number of pyridine rings is 1. The van der Waals surface area contributed by atoms with Crippen LogP contribution in [0.2, 0.25) is 5.02 Å². The highest BCUT2D eigenvalue weighted by Gasteiger charge is 2.51. The largest absolute Gasteiger partial charge is 0.496 e. The first-order valence-electron chi connectivity index (χ1n) is 8.81. The minimum atomic E-state index is -3.92. The Morgan fingerprint density at radius 2 is 1.75 bits per heavy atom. The fourth-order valence-corrected chi connectivity index (χ4v) is 4.51. The minimum absolute atomic E-state index is 0.136. The van der Waals surface area contributed by atoms with E-state index in [9.17, 15) is 12.8 Å². The molecule has 1 aromatic carbocycles. The molecule has 0 aliphatic carbocycles. The van der Waals surface area contributed by atoms with Gasteiger partial charge in [-0.25, -0.2) is 12.8 Å². The monoisotopic (exact) mass is 425 g/mol. The molecule has 0 N–H and O–H groups in total. The van der Waals surface area contributed by atoms with Gasteiger partial charge in [-0.05, 0) is 58.4 Å². The molecule has 0 atom stereocenters. The summed E-state index contributed by atoms with van der Waals surface area (Å²) in [5, 5.41) is 0.136. The molecule has 1 aromatic heterocycles. The van der Waals surface area contributed by atoms with Crippen LogP contribution >= 0.6 is 11.6 Å². The third-order valence-electron chi connectivity index (χ3n) is 5.31. The summed E-state index contributed by atoms with van der Waals surface area (Å²) >= 11 is 5.72. The first-order valence-corrected chi connectivity index (χ1v) is 10.8. The van der Waals surface area contributed by atoms with Gasteiger partial charge in [0.05, 0.1) is 17.0 Å². The summed E-state index contributed by atoms with van der Waals surface area (Å²) in [5.41, 5.74) is 0.563. The molecule has 1 aliphatic heterocycles. The molecule has 1 saturated heterocycles. The summed E-state index contributed by atoms with van der Waals surface area (Å²) in [5.74, 6) is -1.27. The van der Waals surface area contributed by atoms with Crippen molar-refractivity contribution in [2.24, 2.45) is 0 Å². The SMILES string of the molecule is Cc1ncc(B2OC(C)(C)C(C)(C)O2)cc1CS(=O)(=O)c1ccc(Cl)cc1F. The number of aryl methyl sites for hydroxylation is 1. The highest BCUT2D eigenvalue weighted by atomic mass is 35.5. The lowest BCUT2D eigenvalue weighted by Gasteiger charge is -2.32. The van der Waals surface area contributed by atoms with Crippen molar-refractivity contribution in [1.29, 1.82) is 0 Å². The maximum Gasteiger partial charge on any atom is 0.496 e. The first-order chi connectivity index (χ1) is 12.8. The number of halogens is 2. The van der Waals surface area contributed by atoms with Gasteiger partial charge in [-0.2, -0.15) is 0 Å². The number of hydrogen-bond acceptors (Lipinski definition) is 5. The third-order valence-corrected chi connectivity index (χ3v) is 7.24. The van der Waals surface area contributed by atoms with E-state index in [0.717, 1.165) is 6.07 Å². The second-order valence-corrected chi connectivity index (χ2v) is 10.3. The lowest BCUT2D eigenvalue weighted by molar-refractivity contribution is 0.00578. The quantitative estimate of drug-likeness (QED) is 0.702. The summed E-state index contributed by atoms with van der Waals surface area (Å²) in [4.78, 5) is 3.90. The standard InChI is InChI=1S/C19H22BClFNO4S/c1-12-13(11-28(24,25)17-7-6-15(21)9-16(17)22)8-14(10-23-12)20-26-18(2,3)19(4,5)27-20/h6-10H,11H2,1-5H3. The van der Waals surface area contributed by atoms with E-state index in [2.05, 4.69) is 4.98 Å². The van der Waals surface area contributed by atoms with Crippen molar-refractivity contribution in [3.8, 4) is 0 Å². The van der Waals surface area contributed by atoms with Crippen LogP contribution in [-0.2, 0) is 24.9 Å². The Kier molecular flexibility index (Phi) is 5.38. The molecule has 1 aliphatic rings. The Morgan fingerprint density at radius 3 is 2.32 bits per heavy atom. The fourth-order valence-electron chi connectivity index (χ4n) is 2.86. The van der Waals surface area contributed by atoms with Crippen molar-refractivity contribution in [1.82, 2.24) is 4.98 Å². The van der Waals surface area contributed by atoms with Gasteiger partial charge in [0.1, 0.15) is 10.7 Å². The molecular weight excluding hydrogens is 404 g/mol. The van der Waals surface area contributed by atoms with Gasteiger partial charge in [0.15, 0.2) is 9.84 Å². The first kappa shape index (κ1) is 21.2. The van der Waals surface area contributed by atoms with Crippen LogP contribution in [0.1, 0.15) is 39.0 Å². The average molecular weight is 426 g/mol. The Morgan fingerprint density at radius 1 is 1.14 bits per heavy atom. The lowest BCUT2D eigenvalue weighted by Crippen LogP contribution is -2.41. The Balaban J connectivity index is 1.93.